The lowest BCUT2D eigenvalue weighted by Gasteiger charge is -2.35. The summed E-state index contributed by atoms with van der Waals surface area (Å²) in [4.78, 5) is 30.2. The number of carbonyl (C=O) groups excluding carboxylic acids is 2. The molecule has 5 rings (SSSR count). The molecule has 0 heterocycles. The third-order valence-corrected chi connectivity index (χ3v) is 10.5. The molecule has 0 spiro atoms. The first-order valence-corrected chi connectivity index (χ1v) is 17.7. The number of sulfonamides is 1. The van der Waals surface area contributed by atoms with Crippen molar-refractivity contribution in [2.45, 2.75) is 69.0 Å². The minimum absolute atomic E-state index is 0.00112. The Kier molecular flexibility index (Phi) is 11.5. The highest BCUT2D eigenvalue weighted by Crippen LogP contribution is 2.26. The van der Waals surface area contributed by atoms with E-state index in [0.717, 1.165) is 65.2 Å². The Morgan fingerprint density at radius 1 is 0.875 bits per heavy atom. The number of rotatable bonds is 13. The van der Waals surface area contributed by atoms with E-state index >= 15 is 0 Å². The highest BCUT2D eigenvalue weighted by molar-refractivity contribution is 7.92. The van der Waals surface area contributed by atoms with Crippen LogP contribution in [-0.4, -0.2) is 50.9 Å². The van der Waals surface area contributed by atoms with Crippen LogP contribution >= 0.6 is 0 Å². The predicted molar refractivity (Wildman–Crippen MR) is 185 cm³/mol. The van der Waals surface area contributed by atoms with Gasteiger partial charge in [-0.1, -0.05) is 79.4 Å². The van der Waals surface area contributed by atoms with E-state index in [-0.39, 0.29) is 35.5 Å². The summed E-state index contributed by atoms with van der Waals surface area (Å²) in [6, 6.07) is 27.1. The zero-order valence-corrected chi connectivity index (χ0v) is 28.2. The van der Waals surface area contributed by atoms with Crippen molar-refractivity contribution in [3.63, 3.8) is 0 Å². The molecule has 1 fully saturated rings. The maximum absolute atomic E-state index is 14.7. The maximum Gasteiger partial charge on any atom is 0.264 e. The molecule has 1 saturated carbocycles. The molecule has 1 aliphatic carbocycles. The number of aryl methyl sites for hydroxylation is 1. The molecule has 0 radical (unpaired) electrons. The summed E-state index contributed by atoms with van der Waals surface area (Å²) in [6.45, 7) is 1.32. The number of nitrogens with zero attached hydrogens (tertiary/aromatic N) is 2. The predicted octanol–water partition coefficient (Wildman–Crippen LogP) is 6.43. The van der Waals surface area contributed by atoms with Crippen LogP contribution in [0, 0.1) is 12.7 Å². The normalized spacial score (nSPS) is 14.1. The SMILES string of the molecule is COc1cccc(CN(C(=O)CN(c2ccc(C)cc2)S(=O)(=O)c2ccc(F)cc2)[C@@H](Cc2ccccc2)C(=O)NC2CCCCC2)c1. The molecule has 10 heteroatoms. The molecule has 2 amide bonds. The quantitative estimate of drug-likeness (QED) is 0.177. The number of methoxy groups -OCH3 is 1. The number of amides is 2. The molecule has 0 bridgehead atoms. The molecule has 4 aromatic rings. The van der Waals surface area contributed by atoms with Gasteiger partial charge in [0.05, 0.1) is 17.7 Å². The van der Waals surface area contributed by atoms with Gasteiger partial charge in [-0.2, -0.15) is 0 Å². The average molecular weight is 672 g/mol. The van der Waals surface area contributed by atoms with Gasteiger partial charge in [-0.05, 0) is 79.4 Å². The Hall–Kier alpha value is -4.70. The van der Waals surface area contributed by atoms with Crippen LogP contribution in [0.3, 0.4) is 0 Å². The van der Waals surface area contributed by atoms with Gasteiger partial charge in [-0.3, -0.25) is 13.9 Å². The summed E-state index contributed by atoms with van der Waals surface area (Å²) < 4.78 is 48.5. The van der Waals surface area contributed by atoms with Gasteiger partial charge in [0.15, 0.2) is 0 Å². The average Bonchev–Trinajstić information content (AvgIpc) is 3.10. The molecule has 0 saturated heterocycles. The Morgan fingerprint density at radius 2 is 1.54 bits per heavy atom. The van der Waals surface area contributed by atoms with Gasteiger partial charge in [-0.25, -0.2) is 12.8 Å². The first kappa shape index (κ1) is 34.6. The molecule has 252 valence electrons. The van der Waals surface area contributed by atoms with Crippen molar-refractivity contribution in [2.75, 3.05) is 18.0 Å². The van der Waals surface area contributed by atoms with Gasteiger partial charge in [0.25, 0.3) is 10.0 Å². The summed E-state index contributed by atoms with van der Waals surface area (Å²) in [5.74, 6) is -0.843. The van der Waals surface area contributed by atoms with Crippen molar-refractivity contribution < 1.29 is 27.1 Å². The molecule has 1 N–H and O–H groups in total. The number of nitrogens with one attached hydrogen (secondary N) is 1. The number of anilines is 1. The largest absolute Gasteiger partial charge is 0.497 e. The smallest absolute Gasteiger partial charge is 0.264 e. The van der Waals surface area contributed by atoms with Crippen molar-refractivity contribution in [1.29, 1.82) is 0 Å². The van der Waals surface area contributed by atoms with E-state index in [0.29, 0.717) is 5.75 Å². The standard InChI is InChI=1S/C38H42FN3O5S/c1-28-16-20-33(21-17-28)42(48(45,46)35-22-18-31(39)19-23-35)27-37(43)41(26-30-12-9-15-34(24-30)47-2)36(25-29-10-5-3-6-11-29)38(44)40-32-13-7-4-8-14-32/h3,5-6,9-12,15-24,32,36H,4,7-8,13-14,25-27H2,1-2H3,(H,40,44)/t36-/m0/s1. The fourth-order valence-electron chi connectivity index (χ4n) is 6.04. The number of halogens is 1. The molecule has 8 nitrogen and oxygen atoms in total. The molecule has 4 aromatic carbocycles. The number of hydrogen-bond acceptors (Lipinski definition) is 5. The van der Waals surface area contributed by atoms with Crippen LogP contribution in [0.15, 0.2) is 108 Å². The van der Waals surface area contributed by atoms with Crippen LogP contribution in [0.5, 0.6) is 5.75 Å². The monoisotopic (exact) mass is 671 g/mol. The second-order valence-electron chi connectivity index (χ2n) is 12.2. The molecule has 0 unspecified atom stereocenters. The van der Waals surface area contributed by atoms with E-state index in [2.05, 4.69) is 5.32 Å². The Morgan fingerprint density at radius 3 is 2.21 bits per heavy atom. The lowest BCUT2D eigenvalue weighted by atomic mass is 9.94. The third kappa shape index (κ3) is 8.80. The van der Waals surface area contributed by atoms with Crippen molar-refractivity contribution in [3.8, 4) is 5.75 Å². The van der Waals surface area contributed by atoms with Gasteiger partial charge >= 0.3 is 0 Å². The topological polar surface area (TPSA) is 96.0 Å². The Balaban J connectivity index is 1.57. The number of hydrogen-bond donors (Lipinski definition) is 1. The van der Waals surface area contributed by atoms with Gasteiger partial charge in [-0.15, -0.1) is 0 Å². The first-order chi connectivity index (χ1) is 23.1. The minimum atomic E-state index is -4.32. The highest BCUT2D eigenvalue weighted by Gasteiger charge is 2.35. The van der Waals surface area contributed by atoms with Crippen LogP contribution in [-0.2, 0) is 32.6 Å². The fourth-order valence-corrected chi connectivity index (χ4v) is 7.45. The van der Waals surface area contributed by atoms with E-state index in [4.69, 9.17) is 4.74 Å². The number of ether oxygens (including phenoxy) is 1. The van der Waals surface area contributed by atoms with Gasteiger partial charge in [0.1, 0.15) is 24.2 Å². The van der Waals surface area contributed by atoms with Crippen LogP contribution < -0.4 is 14.4 Å². The van der Waals surface area contributed by atoms with Crippen molar-refractivity contribution in [2.24, 2.45) is 0 Å². The summed E-state index contributed by atoms with van der Waals surface area (Å²) in [7, 11) is -2.77. The number of carbonyl (C=O) groups is 2. The zero-order chi connectivity index (χ0) is 34.1. The molecular formula is C38H42FN3O5S. The van der Waals surface area contributed by atoms with Gasteiger partial charge < -0.3 is 15.0 Å². The lowest BCUT2D eigenvalue weighted by Crippen LogP contribution is -2.55. The van der Waals surface area contributed by atoms with Crippen molar-refractivity contribution in [1.82, 2.24) is 10.2 Å². The number of benzene rings is 4. The fraction of sp³-hybridized carbons (Fsp3) is 0.316. The first-order valence-electron chi connectivity index (χ1n) is 16.3. The molecule has 1 atom stereocenters. The molecular weight excluding hydrogens is 629 g/mol. The van der Waals surface area contributed by atoms with E-state index in [1.807, 2.05) is 49.4 Å². The molecule has 1 aliphatic rings. The zero-order valence-electron chi connectivity index (χ0n) is 27.3. The molecule has 48 heavy (non-hydrogen) atoms. The Bertz CT molecular complexity index is 1780. The van der Waals surface area contributed by atoms with E-state index < -0.39 is 34.3 Å². The Labute approximate surface area is 282 Å². The van der Waals surface area contributed by atoms with Gasteiger partial charge in [0.2, 0.25) is 11.8 Å². The lowest BCUT2D eigenvalue weighted by molar-refractivity contribution is -0.140. The molecule has 0 aromatic heterocycles. The van der Waals surface area contributed by atoms with E-state index in [1.54, 1.807) is 43.5 Å². The van der Waals surface area contributed by atoms with Crippen molar-refractivity contribution >= 4 is 27.5 Å². The second-order valence-corrected chi connectivity index (χ2v) is 14.1. The second kappa shape index (κ2) is 15.9. The summed E-state index contributed by atoms with van der Waals surface area (Å²) in [5.41, 5.74) is 2.76. The van der Waals surface area contributed by atoms with Crippen LogP contribution in [0.2, 0.25) is 0 Å². The minimum Gasteiger partial charge on any atom is -0.497 e. The highest BCUT2D eigenvalue weighted by atomic mass is 32.2. The van der Waals surface area contributed by atoms with Crippen LogP contribution in [0.1, 0.15) is 48.8 Å². The van der Waals surface area contributed by atoms with Gasteiger partial charge in [0, 0.05) is 19.0 Å². The van der Waals surface area contributed by atoms with Crippen LogP contribution in [0.25, 0.3) is 0 Å². The van der Waals surface area contributed by atoms with E-state index in [1.165, 1.54) is 17.0 Å². The van der Waals surface area contributed by atoms with Crippen molar-refractivity contribution in [3.05, 3.63) is 126 Å². The third-order valence-electron chi connectivity index (χ3n) is 8.71. The van der Waals surface area contributed by atoms with E-state index in [9.17, 15) is 22.4 Å². The summed E-state index contributed by atoms with van der Waals surface area (Å²) in [6.07, 6.45) is 5.12. The summed E-state index contributed by atoms with van der Waals surface area (Å²) in [5, 5.41) is 3.21. The molecule has 0 aliphatic heterocycles. The maximum atomic E-state index is 14.7. The summed E-state index contributed by atoms with van der Waals surface area (Å²) >= 11 is 0. The van der Waals surface area contributed by atoms with Crippen LogP contribution in [0.4, 0.5) is 10.1 Å².